The molecule has 0 saturated carbocycles. The Hall–Kier alpha value is -3.48. The van der Waals surface area contributed by atoms with E-state index in [4.69, 9.17) is 23.5 Å². The lowest BCUT2D eigenvalue weighted by molar-refractivity contribution is 0.0687. The molecular weight excluding hydrogens is 470 g/mol. The predicted octanol–water partition coefficient (Wildman–Crippen LogP) is 7.31. The molecule has 2 aromatic heterocycles. The van der Waals surface area contributed by atoms with Crippen molar-refractivity contribution in [3.8, 4) is 5.75 Å². The van der Waals surface area contributed by atoms with Crippen LogP contribution in [0.3, 0.4) is 0 Å². The summed E-state index contributed by atoms with van der Waals surface area (Å²) in [5.41, 5.74) is 6.49. The smallest absolute Gasteiger partial charge is 0.493 e. The average Bonchev–Trinajstić information content (AvgIpc) is 3.43. The first-order valence-electron chi connectivity index (χ1n) is 13.2. The molecule has 2 aliphatic rings. The number of hydrogen-bond donors (Lipinski definition) is 1. The molecule has 7 nitrogen and oxygen atoms in total. The van der Waals surface area contributed by atoms with Gasteiger partial charge in [-0.15, -0.1) is 0 Å². The molecule has 196 valence electrons. The molecule has 1 unspecified atom stereocenters. The highest BCUT2D eigenvalue weighted by Crippen LogP contribution is 2.39. The fraction of sp³-hybridized carbons (Fsp3) is 0.467. The van der Waals surface area contributed by atoms with Gasteiger partial charge in [0.2, 0.25) is 0 Å². The van der Waals surface area contributed by atoms with Gasteiger partial charge in [-0.3, -0.25) is 0 Å². The number of fused-ring (bicyclic) bond motifs is 3. The van der Waals surface area contributed by atoms with Crippen LogP contribution in [0.25, 0.3) is 16.5 Å². The third-order valence-corrected chi connectivity index (χ3v) is 6.94. The molecule has 2 aliphatic carbocycles. The fourth-order valence-corrected chi connectivity index (χ4v) is 5.36. The first-order valence-corrected chi connectivity index (χ1v) is 13.2. The van der Waals surface area contributed by atoms with E-state index in [0.717, 1.165) is 82.7 Å². The molecule has 5 rings (SSSR count). The summed E-state index contributed by atoms with van der Waals surface area (Å²) in [6.45, 7) is 9.26. The highest BCUT2D eigenvalue weighted by molar-refractivity contribution is 5.85. The van der Waals surface area contributed by atoms with Crippen molar-refractivity contribution in [1.82, 2.24) is 5.16 Å². The Kier molecular flexibility index (Phi) is 6.88. The largest absolute Gasteiger partial charge is 0.506 e. The quantitative estimate of drug-likeness (QED) is 0.321. The number of aromatic nitrogens is 1. The Morgan fingerprint density at radius 1 is 1.22 bits per heavy atom. The van der Waals surface area contributed by atoms with Gasteiger partial charge in [-0.05, 0) is 54.5 Å². The Morgan fingerprint density at radius 2 is 2.05 bits per heavy atom. The first kappa shape index (κ1) is 25.2. The zero-order valence-electron chi connectivity index (χ0n) is 22.1. The fourth-order valence-electron chi connectivity index (χ4n) is 5.36. The van der Waals surface area contributed by atoms with Crippen LogP contribution in [0, 0.1) is 5.41 Å². The van der Waals surface area contributed by atoms with Crippen molar-refractivity contribution in [1.29, 1.82) is 0 Å². The maximum Gasteiger partial charge on any atom is 0.506 e. The number of furan rings is 1. The van der Waals surface area contributed by atoms with E-state index in [0.29, 0.717) is 19.4 Å². The van der Waals surface area contributed by atoms with Crippen LogP contribution in [0.5, 0.6) is 5.75 Å². The molecule has 1 N–H and O–H groups in total. The van der Waals surface area contributed by atoms with E-state index < -0.39 is 12.3 Å². The van der Waals surface area contributed by atoms with Crippen LogP contribution in [0.2, 0.25) is 0 Å². The summed E-state index contributed by atoms with van der Waals surface area (Å²) in [5, 5.41) is 14.4. The van der Waals surface area contributed by atoms with Gasteiger partial charge in [-0.2, -0.15) is 0 Å². The van der Waals surface area contributed by atoms with E-state index in [2.05, 4.69) is 45.0 Å². The number of allylic oxidation sites excluding steroid dienone is 2. The molecular formula is C30H35NO6. The van der Waals surface area contributed by atoms with E-state index in [-0.39, 0.29) is 5.41 Å². The minimum atomic E-state index is -1.24. The molecule has 0 spiro atoms. The molecule has 0 bridgehead atoms. The maximum absolute atomic E-state index is 10.9. The van der Waals surface area contributed by atoms with Gasteiger partial charge in [0.1, 0.15) is 23.4 Å². The maximum atomic E-state index is 10.9. The van der Waals surface area contributed by atoms with E-state index in [1.165, 1.54) is 5.57 Å². The monoisotopic (exact) mass is 505 g/mol. The number of carbonyl (C=O) groups is 1. The minimum absolute atomic E-state index is 0.129. The molecule has 0 radical (unpaired) electrons. The number of aryl methyl sites for hydroxylation is 2. The number of benzene rings is 1. The number of nitrogens with zero attached hydrogens (tertiary/aromatic N) is 1. The predicted molar refractivity (Wildman–Crippen MR) is 141 cm³/mol. The highest BCUT2D eigenvalue weighted by atomic mass is 16.7. The summed E-state index contributed by atoms with van der Waals surface area (Å²) < 4.78 is 23.2. The van der Waals surface area contributed by atoms with E-state index in [1.807, 2.05) is 18.2 Å². The SMILES string of the molecule is CCCc1c(OCCc2cc3c(o2)CCC2=C3C=CC(OC(=O)O)C2)ccc2c(CC(C)(C)C)noc12. The van der Waals surface area contributed by atoms with Crippen LogP contribution in [-0.2, 0) is 30.4 Å². The first-order chi connectivity index (χ1) is 17.7. The molecule has 0 fully saturated rings. The number of ether oxygens (including phenoxy) is 2. The lowest BCUT2D eigenvalue weighted by atomic mass is 9.84. The molecule has 0 aliphatic heterocycles. The number of carboxylic acid groups (broad SMARTS) is 1. The second-order valence-electron chi connectivity index (χ2n) is 11.2. The lowest BCUT2D eigenvalue weighted by Gasteiger charge is -2.24. The van der Waals surface area contributed by atoms with Crippen LogP contribution < -0.4 is 4.74 Å². The molecule has 37 heavy (non-hydrogen) atoms. The van der Waals surface area contributed by atoms with Gasteiger partial charge < -0.3 is 23.5 Å². The Balaban J connectivity index is 1.28. The van der Waals surface area contributed by atoms with Crippen molar-refractivity contribution >= 4 is 22.7 Å². The second-order valence-corrected chi connectivity index (χ2v) is 11.2. The van der Waals surface area contributed by atoms with Gasteiger partial charge >= 0.3 is 6.16 Å². The van der Waals surface area contributed by atoms with E-state index in [1.54, 1.807) is 0 Å². The van der Waals surface area contributed by atoms with Gasteiger partial charge in [-0.25, -0.2) is 4.79 Å². The van der Waals surface area contributed by atoms with Crippen LogP contribution in [0.1, 0.15) is 75.3 Å². The normalized spacial score (nSPS) is 17.1. The van der Waals surface area contributed by atoms with Gasteiger partial charge in [0, 0.05) is 35.8 Å². The number of hydrogen-bond acceptors (Lipinski definition) is 6. The summed E-state index contributed by atoms with van der Waals surface area (Å²) in [6, 6.07) is 6.21. The standard InChI is InChI=1S/C30H35NO6/c1-5-6-23-26(12-10-22-25(17-30(2,3)4)31-37-28(22)23)34-14-13-20-16-24-21-9-8-19(36-29(32)33)15-18(21)7-11-27(24)35-20/h8-10,12,16,19H,5-7,11,13-15,17H2,1-4H3,(H,32,33). The number of rotatable bonds is 8. The van der Waals surface area contributed by atoms with Crippen molar-refractivity contribution in [3.05, 3.63) is 64.3 Å². The second kappa shape index (κ2) is 10.1. The zero-order chi connectivity index (χ0) is 26.2. The Labute approximate surface area is 217 Å². The van der Waals surface area contributed by atoms with Gasteiger partial charge in [0.15, 0.2) is 5.58 Å². The van der Waals surface area contributed by atoms with Crippen molar-refractivity contribution in [2.75, 3.05) is 6.61 Å². The Morgan fingerprint density at radius 3 is 2.81 bits per heavy atom. The molecule has 0 amide bonds. The highest BCUT2D eigenvalue weighted by Gasteiger charge is 2.27. The van der Waals surface area contributed by atoms with Crippen molar-refractivity contribution in [3.63, 3.8) is 0 Å². The van der Waals surface area contributed by atoms with Crippen LogP contribution in [0.4, 0.5) is 4.79 Å². The summed E-state index contributed by atoms with van der Waals surface area (Å²) in [7, 11) is 0. The van der Waals surface area contributed by atoms with Crippen LogP contribution >= 0.6 is 0 Å². The third kappa shape index (κ3) is 5.45. The minimum Gasteiger partial charge on any atom is -0.493 e. The molecule has 1 aromatic carbocycles. The summed E-state index contributed by atoms with van der Waals surface area (Å²) in [5.74, 6) is 2.72. The van der Waals surface area contributed by atoms with Gasteiger partial charge in [0.25, 0.3) is 0 Å². The van der Waals surface area contributed by atoms with Gasteiger partial charge in [0.05, 0.1) is 12.3 Å². The third-order valence-electron chi connectivity index (χ3n) is 6.94. The van der Waals surface area contributed by atoms with Crippen molar-refractivity contribution < 1.29 is 28.3 Å². The summed E-state index contributed by atoms with van der Waals surface area (Å²) >= 11 is 0. The molecule has 2 heterocycles. The summed E-state index contributed by atoms with van der Waals surface area (Å²) in [6.07, 6.45) is 7.75. The average molecular weight is 506 g/mol. The summed E-state index contributed by atoms with van der Waals surface area (Å²) in [4.78, 5) is 10.9. The van der Waals surface area contributed by atoms with Crippen LogP contribution in [0.15, 0.2) is 44.9 Å². The zero-order valence-corrected chi connectivity index (χ0v) is 22.1. The lowest BCUT2D eigenvalue weighted by Crippen LogP contribution is -2.19. The molecule has 7 heteroatoms. The molecule has 1 atom stereocenters. The molecule has 3 aromatic rings. The molecule has 0 saturated heterocycles. The van der Waals surface area contributed by atoms with E-state index in [9.17, 15) is 4.79 Å². The van der Waals surface area contributed by atoms with Gasteiger partial charge in [-0.1, -0.05) is 50.9 Å². The van der Waals surface area contributed by atoms with Crippen molar-refractivity contribution in [2.24, 2.45) is 5.41 Å². The van der Waals surface area contributed by atoms with Crippen molar-refractivity contribution in [2.45, 2.75) is 78.7 Å². The Bertz CT molecular complexity index is 1370. The van der Waals surface area contributed by atoms with E-state index >= 15 is 0 Å². The van der Waals surface area contributed by atoms with Crippen LogP contribution in [-0.4, -0.2) is 29.1 Å². The topological polar surface area (TPSA) is 94.9 Å².